The Bertz CT molecular complexity index is 615. The van der Waals surface area contributed by atoms with Gasteiger partial charge in [0.15, 0.2) is 0 Å². The zero-order valence-electron chi connectivity index (χ0n) is 13.0. The highest BCUT2D eigenvalue weighted by Crippen LogP contribution is 2.20. The lowest BCUT2D eigenvalue weighted by atomic mass is 10.2. The van der Waals surface area contributed by atoms with E-state index in [1.54, 1.807) is 0 Å². The quantitative estimate of drug-likeness (QED) is 0.829. The van der Waals surface area contributed by atoms with Gasteiger partial charge in [-0.25, -0.2) is 4.98 Å². The molecule has 2 aromatic rings. The van der Waals surface area contributed by atoms with Crippen LogP contribution in [0.15, 0.2) is 46.9 Å². The summed E-state index contributed by atoms with van der Waals surface area (Å²) in [6, 6.07) is 15.0. The Labute approximate surface area is 141 Å². The number of aryl methyl sites for hydroxylation is 1. The van der Waals surface area contributed by atoms with E-state index >= 15 is 0 Å². The van der Waals surface area contributed by atoms with Gasteiger partial charge in [-0.1, -0.05) is 30.3 Å². The summed E-state index contributed by atoms with van der Waals surface area (Å²) in [6.07, 6.45) is 1.18. The van der Waals surface area contributed by atoms with E-state index in [-0.39, 0.29) is 0 Å². The Morgan fingerprint density at radius 2 is 1.82 bits per heavy atom. The summed E-state index contributed by atoms with van der Waals surface area (Å²) in [5.41, 5.74) is 2.46. The summed E-state index contributed by atoms with van der Waals surface area (Å²) in [5, 5.41) is 0. The number of rotatable bonds is 3. The van der Waals surface area contributed by atoms with E-state index in [0.29, 0.717) is 0 Å². The summed E-state index contributed by atoms with van der Waals surface area (Å²) in [4.78, 5) is 9.66. The van der Waals surface area contributed by atoms with Crippen LogP contribution in [0.4, 0.5) is 5.82 Å². The number of nitrogens with zero attached hydrogens (tertiary/aromatic N) is 3. The molecule has 0 amide bonds. The molecular weight excluding hydrogens is 338 g/mol. The van der Waals surface area contributed by atoms with Crippen LogP contribution in [0.25, 0.3) is 0 Å². The fourth-order valence-electron chi connectivity index (χ4n) is 2.91. The van der Waals surface area contributed by atoms with Crippen LogP contribution in [0.3, 0.4) is 0 Å². The molecule has 0 radical (unpaired) electrons. The average molecular weight is 360 g/mol. The minimum atomic E-state index is 1.04. The summed E-state index contributed by atoms with van der Waals surface area (Å²) >= 11 is 3.53. The lowest BCUT2D eigenvalue weighted by molar-refractivity contribution is 0.285. The number of halogens is 1. The first-order chi connectivity index (χ1) is 10.7. The number of hydrogen-bond acceptors (Lipinski definition) is 3. The van der Waals surface area contributed by atoms with Gasteiger partial charge in [0.25, 0.3) is 0 Å². The molecule has 0 unspecified atom stereocenters. The molecule has 1 fully saturated rings. The van der Waals surface area contributed by atoms with Gasteiger partial charge in [0.05, 0.1) is 5.69 Å². The van der Waals surface area contributed by atoms with Crippen molar-refractivity contribution in [2.75, 3.05) is 31.1 Å². The van der Waals surface area contributed by atoms with Crippen molar-refractivity contribution in [1.82, 2.24) is 9.88 Å². The van der Waals surface area contributed by atoms with Gasteiger partial charge in [0.2, 0.25) is 0 Å². The Morgan fingerprint density at radius 1 is 1.00 bits per heavy atom. The lowest BCUT2D eigenvalue weighted by Gasteiger charge is -2.23. The molecule has 1 aromatic carbocycles. The van der Waals surface area contributed by atoms with Crippen LogP contribution in [-0.2, 0) is 6.54 Å². The van der Waals surface area contributed by atoms with Gasteiger partial charge >= 0.3 is 0 Å². The smallest absolute Gasteiger partial charge is 0.128 e. The second kappa shape index (κ2) is 7.25. The molecule has 1 aromatic heterocycles. The van der Waals surface area contributed by atoms with Crippen LogP contribution in [0.2, 0.25) is 0 Å². The predicted molar refractivity (Wildman–Crippen MR) is 95.2 cm³/mol. The van der Waals surface area contributed by atoms with E-state index in [9.17, 15) is 0 Å². The third-order valence-corrected chi connectivity index (χ3v) is 5.01. The van der Waals surface area contributed by atoms with Gasteiger partial charge in [0.1, 0.15) is 5.82 Å². The first-order valence-electron chi connectivity index (χ1n) is 7.87. The molecular formula is C18H22BrN3. The highest BCUT2D eigenvalue weighted by molar-refractivity contribution is 9.10. The average Bonchev–Trinajstić information content (AvgIpc) is 2.77. The number of benzene rings is 1. The first-order valence-corrected chi connectivity index (χ1v) is 8.66. The SMILES string of the molecule is Cc1nc(N2CCCN(Cc3ccccc3)CC2)ccc1Br. The first kappa shape index (κ1) is 15.5. The van der Waals surface area contributed by atoms with Crippen molar-refractivity contribution in [2.24, 2.45) is 0 Å². The highest BCUT2D eigenvalue weighted by atomic mass is 79.9. The third kappa shape index (κ3) is 3.87. The Hall–Kier alpha value is -1.39. The van der Waals surface area contributed by atoms with Crippen molar-refractivity contribution in [1.29, 1.82) is 0 Å². The fourth-order valence-corrected chi connectivity index (χ4v) is 3.13. The normalized spacial score (nSPS) is 16.5. The van der Waals surface area contributed by atoms with Crippen molar-refractivity contribution in [2.45, 2.75) is 19.9 Å². The molecule has 22 heavy (non-hydrogen) atoms. The molecule has 0 saturated carbocycles. The van der Waals surface area contributed by atoms with E-state index in [1.165, 1.54) is 12.0 Å². The van der Waals surface area contributed by atoms with Crippen LogP contribution < -0.4 is 4.90 Å². The standard InChI is InChI=1S/C18H22BrN3/c1-15-17(19)8-9-18(20-15)22-11-5-10-21(12-13-22)14-16-6-3-2-4-7-16/h2-4,6-9H,5,10-14H2,1H3. The summed E-state index contributed by atoms with van der Waals surface area (Å²) in [7, 11) is 0. The van der Waals surface area contributed by atoms with E-state index in [2.05, 4.69) is 68.2 Å². The van der Waals surface area contributed by atoms with E-state index in [0.717, 1.165) is 48.7 Å². The summed E-state index contributed by atoms with van der Waals surface area (Å²) in [5.74, 6) is 1.10. The molecule has 4 heteroatoms. The van der Waals surface area contributed by atoms with Gasteiger partial charge in [-0.3, -0.25) is 4.90 Å². The van der Waals surface area contributed by atoms with Crippen LogP contribution in [0.5, 0.6) is 0 Å². The number of hydrogen-bond donors (Lipinski definition) is 0. The van der Waals surface area contributed by atoms with Crippen molar-refractivity contribution < 1.29 is 0 Å². The fraction of sp³-hybridized carbons (Fsp3) is 0.389. The molecule has 0 atom stereocenters. The maximum absolute atomic E-state index is 4.71. The minimum absolute atomic E-state index is 1.04. The Kier molecular flexibility index (Phi) is 5.11. The largest absolute Gasteiger partial charge is 0.355 e. The molecule has 1 saturated heterocycles. The van der Waals surface area contributed by atoms with Crippen LogP contribution in [0, 0.1) is 6.92 Å². The van der Waals surface area contributed by atoms with Gasteiger partial charge in [-0.15, -0.1) is 0 Å². The summed E-state index contributed by atoms with van der Waals surface area (Å²) < 4.78 is 1.08. The van der Waals surface area contributed by atoms with Gasteiger partial charge in [0, 0.05) is 37.2 Å². The predicted octanol–water partition coefficient (Wildman–Crippen LogP) is 3.86. The van der Waals surface area contributed by atoms with Crippen LogP contribution >= 0.6 is 15.9 Å². The van der Waals surface area contributed by atoms with Gasteiger partial charge in [-0.05, 0) is 47.0 Å². The van der Waals surface area contributed by atoms with Crippen molar-refractivity contribution >= 4 is 21.7 Å². The lowest BCUT2D eigenvalue weighted by Crippen LogP contribution is -2.31. The Balaban J connectivity index is 1.63. The van der Waals surface area contributed by atoms with E-state index in [4.69, 9.17) is 4.98 Å². The highest BCUT2D eigenvalue weighted by Gasteiger charge is 2.16. The molecule has 3 rings (SSSR count). The number of anilines is 1. The molecule has 3 nitrogen and oxygen atoms in total. The zero-order valence-corrected chi connectivity index (χ0v) is 14.6. The molecule has 1 aliphatic rings. The van der Waals surface area contributed by atoms with E-state index < -0.39 is 0 Å². The number of pyridine rings is 1. The number of aromatic nitrogens is 1. The maximum atomic E-state index is 4.71. The minimum Gasteiger partial charge on any atom is -0.355 e. The molecule has 0 bridgehead atoms. The molecule has 0 spiro atoms. The van der Waals surface area contributed by atoms with E-state index in [1.807, 2.05) is 6.92 Å². The maximum Gasteiger partial charge on any atom is 0.128 e. The topological polar surface area (TPSA) is 19.4 Å². The van der Waals surface area contributed by atoms with Crippen LogP contribution in [0.1, 0.15) is 17.7 Å². The van der Waals surface area contributed by atoms with Gasteiger partial charge < -0.3 is 4.90 Å². The molecule has 1 aliphatic heterocycles. The van der Waals surface area contributed by atoms with Gasteiger partial charge in [-0.2, -0.15) is 0 Å². The zero-order chi connectivity index (χ0) is 15.4. The molecule has 116 valence electrons. The molecule has 2 heterocycles. The van der Waals surface area contributed by atoms with Crippen molar-refractivity contribution in [3.63, 3.8) is 0 Å². The third-order valence-electron chi connectivity index (χ3n) is 4.17. The monoisotopic (exact) mass is 359 g/mol. The second-order valence-electron chi connectivity index (χ2n) is 5.84. The summed E-state index contributed by atoms with van der Waals surface area (Å²) in [6.45, 7) is 7.46. The van der Waals surface area contributed by atoms with Crippen LogP contribution in [-0.4, -0.2) is 36.1 Å². The second-order valence-corrected chi connectivity index (χ2v) is 6.69. The van der Waals surface area contributed by atoms with Crippen molar-refractivity contribution in [3.05, 3.63) is 58.2 Å². The Morgan fingerprint density at radius 3 is 2.59 bits per heavy atom. The molecule has 0 N–H and O–H groups in total. The molecule has 0 aliphatic carbocycles. The van der Waals surface area contributed by atoms with Crippen molar-refractivity contribution in [3.8, 4) is 0 Å².